The average Bonchev–Trinajstić information content (AvgIpc) is 2.31. The van der Waals surface area contributed by atoms with Crippen molar-refractivity contribution >= 4 is 0 Å². The van der Waals surface area contributed by atoms with Crippen molar-refractivity contribution in [2.24, 2.45) is 0 Å². The van der Waals surface area contributed by atoms with Crippen LogP contribution in [-0.4, -0.2) is 18.6 Å². The normalized spacial score (nSPS) is 17.5. The second kappa shape index (κ2) is 5.07. The lowest BCUT2D eigenvalue weighted by Gasteiger charge is -2.23. The van der Waals surface area contributed by atoms with Crippen molar-refractivity contribution < 1.29 is 9.13 Å². The highest BCUT2D eigenvalue weighted by Gasteiger charge is 2.18. The number of nitrogens with zero attached hydrogens (tertiary/aromatic N) is 1. The molecule has 16 heavy (non-hydrogen) atoms. The number of allylic oxidation sites excluding steroid dienone is 1. The Balaban J connectivity index is 2.25. The maximum atomic E-state index is 13.1. The molecule has 0 fully saturated rings. The first kappa shape index (κ1) is 11.1. The molecule has 0 bridgehead atoms. The minimum Gasteiger partial charge on any atom is -0.496 e. The van der Waals surface area contributed by atoms with Crippen molar-refractivity contribution in [2.75, 3.05) is 13.7 Å². The number of aromatic nitrogens is 1. The molecule has 3 nitrogen and oxygen atoms in total. The van der Waals surface area contributed by atoms with Gasteiger partial charge in [0.05, 0.1) is 18.8 Å². The Morgan fingerprint density at radius 1 is 1.50 bits per heavy atom. The molecule has 1 aliphatic rings. The van der Waals surface area contributed by atoms with Gasteiger partial charge < -0.3 is 10.1 Å². The van der Waals surface area contributed by atoms with Gasteiger partial charge in [-0.25, -0.2) is 4.39 Å². The van der Waals surface area contributed by atoms with Gasteiger partial charge in [-0.2, -0.15) is 0 Å². The van der Waals surface area contributed by atoms with Crippen LogP contribution in [0.2, 0.25) is 0 Å². The first-order valence-electron chi connectivity index (χ1n) is 5.42. The van der Waals surface area contributed by atoms with Crippen molar-refractivity contribution in [3.05, 3.63) is 41.7 Å². The van der Waals surface area contributed by atoms with Gasteiger partial charge in [-0.3, -0.25) is 4.98 Å². The Bertz CT molecular complexity index is 392. The van der Waals surface area contributed by atoms with E-state index >= 15 is 0 Å². The third-order valence-corrected chi connectivity index (χ3v) is 2.60. The first-order chi connectivity index (χ1) is 7.81. The van der Waals surface area contributed by atoms with Crippen LogP contribution >= 0.6 is 0 Å². The van der Waals surface area contributed by atoms with E-state index in [1.807, 2.05) is 7.05 Å². The van der Waals surface area contributed by atoms with Gasteiger partial charge in [0.2, 0.25) is 0 Å². The SMILES string of the molecule is CNC(C1=CCCCO1)c1cncc(F)c1. The third-order valence-electron chi connectivity index (χ3n) is 2.60. The van der Waals surface area contributed by atoms with E-state index in [0.717, 1.165) is 30.8 Å². The lowest BCUT2D eigenvalue weighted by Crippen LogP contribution is -2.22. The minimum atomic E-state index is -0.325. The second-order valence-corrected chi connectivity index (χ2v) is 3.76. The summed E-state index contributed by atoms with van der Waals surface area (Å²) in [5.41, 5.74) is 0.788. The number of halogens is 1. The van der Waals surface area contributed by atoms with Gasteiger partial charge in [-0.05, 0) is 37.6 Å². The predicted molar refractivity (Wildman–Crippen MR) is 59.3 cm³/mol. The van der Waals surface area contributed by atoms with E-state index in [2.05, 4.69) is 16.4 Å². The van der Waals surface area contributed by atoms with Crippen LogP contribution in [-0.2, 0) is 4.74 Å². The summed E-state index contributed by atoms with van der Waals surface area (Å²) >= 11 is 0. The number of nitrogens with one attached hydrogen (secondary N) is 1. The molecule has 1 unspecified atom stereocenters. The summed E-state index contributed by atoms with van der Waals surface area (Å²) in [6.07, 6.45) is 6.96. The number of ether oxygens (including phenoxy) is 1. The molecule has 1 atom stereocenters. The van der Waals surface area contributed by atoms with Crippen LogP contribution in [0.15, 0.2) is 30.3 Å². The maximum absolute atomic E-state index is 13.1. The Morgan fingerprint density at radius 3 is 3.00 bits per heavy atom. The smallest absolute Gasteiger partial charge is 0.141 e. The number of likely N-dealkylation sites (N-methyl/N-ethyl adjacent to an activating group) is 1. The molecule has 0 radical (unpaired) electrons. The molecule has 0 amide bonds. The van der Waals surface area contributed by atoms with E-state index in [9.17, 15) is 4.39 Å². The molecule has 0 saturated carbocycles. The van der Waals surface area contributed by atoms with Crippen molar-refractivity contribution in [2.45, 2.75) is 18.9 Å². The average molecular weight is 222 g/mol. The van der Waals surface area contributed by atoms with Gasteiger partial charge in [0.15, 0.2) is 0 Å². The van der Waals surface area contributed by atoms with E-state index in [1.54, 1.807) is 6.20 Å². The molecule has 0 aromatic carbocycles. The van der Waals surface area contributed by atoms with E-state index in [1.165, 1.54) is 12.3 Å². The van der Waals surface area contributed by atoms with Crippen LogP contribution in [0, 0.1) is 5.82 Å². The Kier molecular flexibility index (Phi) is 3.51. The zero-order valence-electron chi connectivity index (χ0n) is 9.24. The third kappa shape index (κ3) is 2.39. The highest BCUT2D eigenvalue weighted by Crippen LogP contribution is 2.25. The van der Waals surface area contributed by atoms with Gasteiger partial charge in [0.25, 0.3) is 0 Å². The van der Waals surface area contributed by atoms with Crippen molar-refractivity contribution in [3.8, 4) is 0 Å². The molecule has 1 N–H and O–H groups in total. The fraction of sp³-hybridized carbons (Fsp3) is 0.417. The summed E-state index contributed by atoms with van der Waals surface area (Å²) in [4.78, 5) is 3.85. The summed E-state index contributed by atoms with van der Waals surface area (Å²) in [5, 5.41) is 3.12. The summed E-state index contributed by atoms with van der Waals surface area (Å²) in [6.45, 7) is 0.729. The predicted octanol–water partition coefficient (Wildman–Crippen LogP) is 2.18. The van der Waals surface area contributed by atoms with E-state index in [0.29, 0.717) is 0 Å². The topological polar surface area (TPSA) is 34.1 Å². The summed E-state index contributed by atoms with van der Waals surface area (Å²) in [5.74, 6) is 0.537. The highest BCUT2D eigenvalue weighted by molar-refractivity contribution is 5.23. The monoisotopic (exact) mass is 222 g/mol. The fourth-order valence-corrected chi connectivity index (χ4v) is 1.84. The van der Waals surface area contributed by atoms with Crippen LogP contribution in [0.3, 0.4) is 0 Å². The number of hydrogen-bond donors (Lipinski definition) is 1. The Morgan fingerprint density at radius 2 is 2.38 bits per heavy atom. The van der Waals surface area contributed by atoms with Crippen LogP contribution in [0.25, 0.3) is 0 Å². The van der Waals surface area contributed by atoms with Crippen molar-refractivity contribution in [1.29, 1.82) is 0 Å². The van der Waals surface area contributed by atoms with Gasteiger partial charge in [-0.15, -0.1) is 0 Å². The van der Waals surface area contributed by atoms with Crippen LogP contribution < -0.4 is 5.32 Å². The van der Waals surface area contributed by atoms with Crippen LogP contribution in [0.5, 0.6) is 0 Å². The zero-order chi connectivity index (χ0) is 11.4. The van der Waals surface area contributed by atoms with Crippen molar-refractivity contribution in [3.63, 3.8) is 0 Å². The molecule has 1 aromatic heterocycles. The molecule has 0 saturated heterocycles. The Labute approximate surface area is 94.3 Å². The van der Waals surface area contributed by atoms with E-state index < -0.39 is 0 Å². The highest BCUT2D eigenvalue weighted by atomic mass is 19.1. The largest absolute Gasteiger partial charge is 0.496 e. The summed E-state index contributed by atoms with van der Waals surface area (Å²) in [7, 11) is 1.83. The van der Waals surface area contributed by atoms with E-state index in [4.69, 9.17) is 4.74 Å². The molecule has 0 aliphatic carbocycles. The van der Waals surface area contributed by atoms with Crippen LogP contribution in [0.4, 0.5) is 4.39 Å². The van der Waals surface area contributed by atoms with Gasteiger partial charge in [0, 0.05) is 6.20 Å². The van der Waals surface area contributed by atoms with Crippen molar-refractivity contribution in [1.82, 2.24) is 10.3 Å². The van der Waals surface area contributed by atoms with Gasteiger partial charge in [0.1, 0.15) is 11.6 Å². The first-order valence-corrected chi connectivity index (χ1v) is 5.42. The molecule has 1 aliphatic heterocycles. The second-order valence-electron chi connectivity index (χ2n) is 3.76. The Hall–Kier alpha value is -1.42. The maximum Gasteiger partial charge on any atom is 0.141 e. The lowest BCUT2D eigenvalue weighted by atomic mass is 10.0. The molecule has 2 heterocycles. The lowest BCUT2D eigenvalue weighted by molar-refractivity contribution is 0.169. The standard InChI is InChI=1S/C12H15FN2O/c1-14-12(11-4-2-3-5-16-11)9-6-10(13)8-15-7-9/h4,6-8,12,14H,2-3,5H2,1H3. The van der Waals surface area contributed by atoms with Gasteiger partial charge >= 0.3 is 0 Å². The number of pyridine rings is 1. The van der Waals surface area contributed by atoms with E-state index in [-0.39, 0.29) is 11.9 Å². The van der Waals surface area contributed by atoms with Gasteiger partial charge in [-0.1, -0.05) is 0 Å². The number of hydrogen-bond acceptors (Lipinski definition) is 3. The molecule has 0 spiro atoms. The minimum absolute atomic E-state index is 0.108. The molecular weight excluding hydrogens is 207 g/mol. The number of rotatable bonds is 3. The molecule has 1 aromatic rings. The van der Waals surface area contributed by atoms with Crippen LogP contribution in [0.1, 0.15) is 24.4 Å². The molecule has 4 heteroatoms. The molecule has 2 rings (SSSR count). The zero-order valence-corrected chi connectivity index (χ0v) is 9.24. The molecular formula is C12H15FN2O. The fourth-order valence-electron chi connectivity index (χ4n) is 1.84. The molecule has 86 valence electrons. The summed E-state index contributed by atoms with van der Waals surface area (Å²) < 4.78 is 18.7. The summed E-state index contributed by atoms with van der Waals surface area (Å²) in [6, 6.07) is 1.37. The quantitative estimate of drug-likeness (QED) is 0.851.